The third kappa shape index (κ3) is 29.8. The number of rotatable bonds is 34. The van der Waals surface area contributed by atoms with Gasteiger partial charge < -0.3 is 96.2 Å². The van der Waals surface area contributed by atoms with E-state index in [1.54, 1.807) is 32.0 Å². The molecule has 39 heteroatoms. The number of fused-ring (bicyclic) bond motifs is 6. The second-order valence-electron chi connectivity index (χ2n) is 25.5. The number of halogens is 2. The van der Waals surface area contributed by atoms with Gasteiger partial charge in [0.05, 0.1) is 85.5 Å². The number of carboxylic acid groups (broad SMARTS) is 2. The van der Waals surface area contributed by atoms with Gasteiger partial charge >= 0.3 is 77.2 Å². The van der Waals surface area contributed by atoms with Crippen molar-refractivity contribution in [2.45, 2.75) is 107 Å². The largest absolute Gasteiger partial charge is 1.00 e. The van der Waals surface area contributed by atoms with Crippen molar-refractivity contribution in [3.8, 4) is 22.8 Å². The van der Waals surface area contributed by atoms with Crippen LogP contribution >= 0.6 is 0 Å². The minimum Gasteiger partial charge on any atom is -0.550 e. The fourth-order valence-electron chi connectivity index (χ4n) is 11.2. The number of aliphatic carboxylic acids is 2. The number of nitrogens with one attached hydrogen (secondary N) is 10. The van der Waals surface area contributed by atoms with Gasteiger partial charge in [-0.1, -0.05) is 39.0 Å². The summed E-state index contributed by atoms with van der Waals surface area (Å²) in [4.78, 5) is 126. The molecule has 10 amide bonds. The Kier molecular flexibility index (Phi) is 36.6. The molecule has 2 aliphatic rings. The van der Waals surface area contributed by atoms with Gasteiger partial charge in [0, 0.05) is 103 Å². The minimum absolute atomic E-state index is 0. The first-order chi connectivity index (χ1) is 52.1. The number of carbonyl (C=O) groups is 9. The summed E-state index contributed by atoms with van der Waals surface area (Å²) in [6.45, 7) is 6.45. The first kappa shape index (κ1) is 90.7. The Bertz CT molecular complexity index is 4490. The van der Waals surface area contributed by atoms with Gasteiger partial charge in [-0.2, -0.15) is 4.36 Å². The molecular formula is C72H86F2N14Na2O19S2. The number of ether oxygens (including phenoxy) is 5. The number of hydrogen-bond donors (Lipinski definition) is 10. The number of nitrogens with zero attached hydrogens (tertiary/aromatic N) is 4. The van der Waals surface area contributed by atoms with Crippen LogP contribution in [0.3, 0.4) is 0 Å². The van der Waals surface area contributed by atoms with Crippen LogP contribution in [0.15, 0.2) is 125 Å². The van der Waals surface area contributed by atoms with Crippen LogP contribution in [0.5, 0.6) is 11.5 Å². The maximum atomic E-state index is 15.2. The molecule has 33 nitrogen and oxygen atoms in total. The fourth-order valence-corrected chi connectivity index (χ4v) is 13.6. The van der Waals surface area contributed by atoms with Gasteiger partial charge in [0.25, 0.3) is 15.9 Å². The Morgan fingerprint density at radius 1 is 0.694 bits per heavy atom. The van der Waals surface area contributed by atoms with Crippen molar-refractivity contribution in [1.29, 1.82) is 0 Å². The molecule has 0 unspecified atom stereocenters. The number of likely N-dealkylation sites (tertiary alicyclic amines) is 1. The van der Waals surface area contributed by atoms with E-state index in [-0.39, 0.29) is 194 Å². The number of amides is 10. The van der Waals surface area contributed by atoms with E-state index in [0.29, 0.717) is 54.9 Å². The van der Waals surface area contributed by atoms with E-state index in [1.807, 2.05) is 6.92 Å². The van der Waals surface area contributed by atoms with Gasteiger partial charge in [-0.25, -0.2) is 45.8 Å². The maximum Gasteiger partial charge on any atom is 1.00 e. The number of urea groups is 3. The van der Waals surface area contributed by atoms with Crippen LogP contribution in [0.2, 0.25) is 0 Å². The molecule has 10 N–H and O–H groups in total. The van der Waals surface area contributed by atoms with E-state index >= 15 is 4.39 Å². The monoisotopic (exact) mass is 1600 g/mol. The first-order valence-electron chi connectivity index (χ1n) is 34.9. The van der Waals surface area contributed by atoms with E-state index in [0.717, 1.165) is 23.2 Å². The Labute approximate surface area is 684 Å². The summed E-state index contributed by atoms with van der Waals surface area (Å²) >= 11 is 0. The topological polar surface area (TPSA) is 459 Å². The van der Waals surface area contributed by atoms with E-state index in [2.05, 4.69) is 66.9 Å². The summed E-state index contributed by atoms with van der Waals surface area (Å²) in [5.74, 6) is -8.32. The molecule has 2 aliphatic heterocycles. The average Bonchev–Trinajstić information content (AvgIpc) is 0.956. The summed E-state index contributed by atoms with van der Waals surface area (Å²) in [5, 5.41) is 47.3. The van der Waals surface area contributed by atoms with Gasteiger partial charge in [0.2, 0.25) is 23.7 Å². The SMILES string of the molecule is CCCNC(=O)Nc1cccc(S(=O)(=O)Nc2cccc([C@@H](CC(=O)[O-])NC(=O)Nc3ccc(NC(=O)NCCOCCOCCOCCC(=O)N[C@@H](CC(=O)[O-])C(=O)N4CCC[C@H]4C(=O)N[C@H](C(=O)N=[S@](C)(=O)Cc4cc5cc(c4)OCCCCOc4cc(F)ccc4-c4nc(ncc4F)N5)C(C)C)cc3)c2)c1.[Na+].[Na+]. The number of carbonyl (C=O) groups excluding carboxylic acids is 9. The van der Waals surface area contributed by atoms with Crippen LogP contribution in [0.25, 0.3) is 11.3 Å². The molecule has 0 aliphatic carbocycles. The average molecular weight is 1600 g/mol. The smallest absolute Gasteiger partial charge is 0.550 e. The van der Waals surface area contributed by atoms with Crippen molar-refractivity contribution < 1.29 is 158 Å². The number of aromatic nitrogens is 2. The van der Waals surface area contributed by atoms with Crippen LogP contribution in [0.1, 0.15) is 89.3 Å². The van der Waals surface area contributed by atoms with Gasteiger partial charge in [0.15, 0.2) is 5.82 Å². The fraction of sp³-hybridized carbons (Fsp3) is 0.403. The zero-order valence-electron chi connectivity index (χ0n) is 62.1. The first-order valence-corrected chi connectivity index (χ1v) is 38.4. The molecule has 586 valence electrons. The standard InChI is InChI=1S/C72H88F2N14O19S2.2Na/c1-5-23-75-70(97)81-50-12-9-14-54(39-50)109(101,102)86-51-13-8-11-46(36-51)57(40-62(90)91)83-72(99)80-49-19-17-48(18-20-49)79-71(98)76-24-29-104-31-33-105-32-30-103-28-22-61(89)82-58(41-63(92)93)68(96)88-25-10-15-59(88)66(94)84-64(44(2)3)67(95)87-108(4,100)43-45-34-52-38-53(35-45)106-26-6-7-27-107-60-37-47(73)16-21-55(60)65-56(74)42-77-69(78-52)85-65;;/h8-9,11-14,16-21,34-39,42,44,57-59,64,86H,5-7,10,15,22-33,40-41,43H2,1-4H3,(H,82,89)(H,84,94)(H,90,91)(H,92,93)(H2,75,81,97)(H2,76,79,98)(H,77,78,85)(H2,80,83,99);;/q;2*+1/p-2/t57-,58+,59+,64+,108-;;/m1../s1. The zero-order chi connectivity index (χ0) is 78.6. The number of sulfonamides is 1. The van der Waals surface area contributed by atoms with Crippen molar-refractivity contribution in [1.82, 2.24) is 41.5 Å². The third-order valence-corrected chi connectivity index (χ3v) is 19.1. The summed E-state index contributed by atoms with van der Waals surface area (Å²) in [7, 11) is -7.62. The molecule has 1 saturated heterocycles. The zero-order valence-corrected chi connectivity index (χ0v) is 67.7. The second-order valence-corrected chi connectivity index (χ2v) is 29.6. The molecule has 1 fully saturated rings. The predicted molar refractivity (Wildman–Crippen MR) is 392 cm³/mol. The number of hydrogen-bond acceptors (Lipinski definition) is 22. The maximum absolute atomic E-state index is 15.2. The summed E-state index contributed by atoms with van der Waals surface area (Å²) in [6.07, 6.45) is 2.46. The number of benzene rings is 5. The molecule has 4 bridgehead atoms. The van der Waals surface area contributed by atoms with Crippen molar-refractivity contribution in [2.24, 2.45) is 10.3 Å². The van der Waals surface area contributed by atoms with Crippen LogP contribution in [-0.4, -0.2) is 178 Å². The Morgan fingerprint density at radius 3 is 2.02 bits per heavy atom. The predicted octanol–water partition coefficient (Wildman–Crippen LogP) is -0.798. The molecule has 6 aromatic rings. The molecule has 0 saturated carbocycles. The molecular weight excluding hydrogens is 1510 g/mol. The molecule has 5 atom stereocenters. The van der Waals surface area contributed by atoms with Crippen LogP contribution < -0.4 is 131 Å². The van der Waals surface area contributed by atoms with Gasteiger partial charge in [-0.3, -0.25) is 23.9 Å². The van der Waals surface area contributed by atoms with Crippen LogP contribution in [-0.2, 0) is 68.5 Å². The normalized spacial score (nSPS) is 14.5. The van der Waals surface area contributed by atoms with E-state index < -0.39 is 128 Å². The summed E-state index contributed by atoms with van der Waals surface area (Å²) in [5.41, 5.74) is 1.94. The van der Waals surface area contributed by atoms with E-state index in [9.17, 15) is 70.4 Å². The van der Waals surface area contributed by atoms with Gasteiger partial charge in [-0.05, 0) is 128 Å². The molecule has 0 spiro atoms. The van der Waals surface area contributed by atoms with Gasteiger partial charge in [-0.15, -0.1) is 0 Å². The van der Waals surface area contributed by atoms with Crippen molar-refractivity contribution in [3.63, 3.8) is 0 Å². The summed E-state index contributed by atoms with van der Waals surface area (Å²) < 4.78 is 105. The quantitative estimate of drug-likeness (QED) is 0.0175. The minimum atomic E-state index is -4.21. The third-order valence-electron chi connectivity index (χ3n) is 16.3. The van der Waals surface area contributed by atoms with E-state index in [1.165, 1.54) is 85.1 Å². The molecule has 8 rings (SSSR count). The molecule has 3 heterocycles. The molecule has 5 aromatic carbocycles. The molecule has 0 radical (unpaired) electrons. The number of anilines is 6. The molecule has 1 aromatic heterocycles. The Balaban J connectivity index is 0.00000961. The van der Waals surface area contributed by atoms with E-state index in [4.69, 9.17) is 23.7 Å². The van der Waals surface area contributed by atoms with Gasteiger partial charge in [0.1, 0.15) is 41.1 Å². The van der Waals surface area contributed by atoms with Crippen LogP contribution in [0.4, 0.5) is 57.5 Å². The van der Waals surface area contributed by atoms with Crippen molar-refractivity contribution in [3.05, 3.63) is 138 Å². The Morgan fingerprint density at radius 2 is 1.33 bits per heavy atom. The van der Waals surface area contributed by atoms with Crippen molar-refractivity contribution >= 4 is 108 Å². The second kappa shape index (κ2) is 44.8. The van der Waals surface area contributed by atoms with Crippen molar-refractivity contribution in [2.75, 3.05) is 105 Å². The number of carboxylic acids is 2. The summed E-state index contributed by atoms with van der Waals surface area (Å²) in [6, 6.07) is 18.6. The van der Waals surface area contributed by atoms with Crippen LogP contribution in [0, 0.1) is 17.6 Å². The Hall–Kier alpha value is -9.15. The molecule has 111 heavy (non-hydrogen) atoms.